The van der Waals surface area contributed by atoms with Gasteiger partial charge in [-0.2, -0.15) is 5.10 Å². The SMILES string of the molecule is CCOC(=O)c1ccc(-n2c(C)cc(/C=N/NC(=O)COc3cc(C)cc(C)c3)c2C)cc1. The van der Waals surface area contributed by atoms with Gasteiger partial charge in [0.2, 0.25) is 0 Å². The minimum Gasteiger partial charge on any atom is -0.484 e. The number of nitrogens with zero attached hydrogens (tertiary/aromatic N) is 2. The second-order valence-corrected chi connectivity index (χ2v) is 7.83. The maximum atomic E-state index is 12.1. The number of ether oxygens (including phenoxy) is 2. The average Bonchev–Trinajstić information content (AvgIpc) is 3.05. The first-order valence-corrected chi connectivity index (χ1v) is 10.8. The molecule has 2 aromatic carbocycles. The molecule has 0 saturated heterocycles. The second kappa shape index (κ2) is 10.6. The van der Waals surface area contributed by atoms with E-state index in [0.29, 0.717) is 17.9 Å². The van der Waals surface area contributed by atoms with Gasteiger partial charge in [0.15, 0.2) is 6.61 Å². The van der Waals surface area contributed by atoms with Crippen LogP contribution in [0.15, 0.2) is 53.6 Å². The number of aromatic nitrogens is 1. The van der Waals surface area contributed by atoms with Crippen molar-refractivity contribution in [2.45, 2.75) is 34.6 Å². The van der Waals surface area contributed by atoms with Crippen LogP contribution in [-0.4, -0.2) is 35.9 Å². The molecule has 172 valence electrons. The van der Waals surface area contributed by atoms with Crippen molar-refractivity contribution < 1.29 is 19.1 Å². The third-order valence-corrected chi connectivity index (χ3v) is 5.06. The Morgan fingerprint density at radius 3 is 2.30 bits per heavy atom. The molecule has 33 heavy (non-hydrogen) atoms. The third kappa shape index (κ3) is 6.10. The molecule has 0 saturated carbocycles. The summed E-state index contributed by atoms with van der Waals surface area (Å²) in [6.45, 7) is 9.92. The number of carbonyl (C=O) groups excluding carboxylic acids is 2. The van der Waals surface area contributed by atoms with Crippen LogP contribution in [0.25, 0.3) is 5.69 Å². The highest BCUT2D eigenvalue weighted by atomic mass is 16.5. The van der Waals surface area contributed by atoms with E-state index in [-0.39, 0.29) is 18.5 Å². The Balaban J connectivity index is 1.63. The number of hydrogen-bond donors (Lipinski definition) is 1. The lowest BCUT2D eigenvalue weighted by atomic mass is 10.1. The topological polar surface area (TPSA) is 81.9 Å². The van der Waals surface area contributed by atoms with E-state index in [4.69, 9.17) is 9.47 Å². The fraction of sp³-hybridized carbons (Fsp3) is 0.269. The highest BCUT2D eigenvalue weighted by Gasteiger charge is 2.11. The van der Waals surface area contributed by atoms with Gasteiger partial charge in [-0.3, -0.25) is 4.79 Å². The van der Waals surface area contributed by atoms with E-state index in [9.17, 15) is 9.59 Å². The predicted octanol–water partition coefficient (Wildman–Crippen LogP) is 4.42. The minimum absolute atomic E-state index is 0.119. The number of benzene rings is 2. The van der Waals surface area contributed by atoms with Crippen molar-refractivity contribution in [3.8, 4) is 11.4 Å². The molecular weight excluding hydrogens is 418 g/mol. The largest absolute Gasteiger partial charge is 0.484 e. The number of esters is 1. The monoisotopic (exact) mass is 447 g/mol. The predicted molar refractivity (Wildman–Crippen MR) is 128 cm³/mol. The molecule has 7 heteroatoms. The molecule has 1 N–H and O–H groups in total. The summed E-state index contributed by atoms with van der Waals surface area (Å²) in [7, 11) is 0. The Kier molecular flexibility index (Phi) is 7.66. The number of rotatable bonds is 8. The molecule has 0 atom stereocenters. The zero-order valence-electron chi connectivity index (χ0n) is 19.6. The molecule has 3 rings (SSSR count). The van der Waals surface area contributed by atoms with E-state index in [1.807, 2.05) is 64.1 Å². The average molecular weight is 448 g/mol. The first-order chi connectivity index (χ1) is 15.8. The number of nitrogens with one attached hydrogen (secondary N) is 1. The summed E-state index contributed by atoms with van der Waals surface area (Å²) in [6, 6.07) is 15.0. The van der Waals surface area contributed by atoms with Crippen molar-refractivity contribution in [1.29, 1.82) is 0 Å². The van der Waals surface area contributed by atoms with Crippen molar-refractivity contribution in [1.82, 2.24) is 9.99 Å². The number of hydrogen-bond acceptors (Lipinski definition) is 5. The first kappa shape index (κ1) is 23.8. The normalized spacial score (nSPS) is 10.9. The fourth-order valence-electron chi connectivity index (χ4n) is 3.65. The Labute approximate surface area is 194 Å². The zero-order chi connectivity index (χ0) is 24.0. The zero-order valence-corrected chi connectivity index (χ0v) is 19.6. The summed E-state index contributed by atoms with van der Waals surface area (Å²) in [5.74, 6) is -0.0204. The highest BCUT2D eigenvalue weighted by molar-refractivity contribution is 5.89. The summed E-state index contributed by atoms with van der Waals surface area (Å²) < 4.78 is 12.6. The number of aryl methyl sites for hydroxylation is 3. The standard InChI is InChI=1S/C26H29N3O4/c1-6-32-26(31)21-7-9-23(10-8-21)29-19(4)14-22(20(29)5)15-27-28-25(30)16-33-24-12-17(2)11-18(3)13-24/h7-15H,6,16H2,1-5H3,(H,28,30)/b27-15+. The van der Waals surface area contributed by atoms with Gasteiger partial charge < -0.3 is 14.0 Å². The summed E-state index contributed by atoms with van der Waals surface area (Å²) in [6.07, 6.45) is 1.61. The van der Waals surface area contributed by atoms with Crippen LogP contribution in [-0.2, 0) is 9.53 Å². The molecule has 3 aromatic rings. The lowest BCUT2D eigenvalue weighted by Crippen LogP contribution is -2.24. The van der Waals surface area contributed by atoms with Crippen LogP contribution in [0.1, 0.15) is 45.4 Å². The lowest BCUT2D eigenvalue weighted by molar-refractivity contribution is -0.123. The van der Waals surface area contributed by atoms with Crippen molar-refractivity contribution in [2.75, 3.05) is 13.2 Å². The van der Waals surface area contributed by atoms with E-state index < -0.39 is 0 Å². The van der Waals surface area contributed by atoms with Crippen LogP contribution in [0, 0.1) is 27.7 Å². The van der Waals surface area contributed by atoms with E-state index in [0.717, 1.165) is 33.8 Å². The van der Waals surface area contributed by atoms with Crippen molar-refractivity contribution in [2.24, 2.45) is 5.10 Å². The molecule has 1 amide bonds. The molecule has 0 aliphatic heterocycles. The van der Waals surface area contributed by atoms with E-state index in [2.05, 4.69) is 15.1 Å². The van der Waals surface area contributed by atoms with Crippen LogP contribution < -0.4 is 10.2 Å². The minimum atomic E-state index is -0.339. The van der Waals surface area contributed by atoms with Gasteiger partial charge in [0.1, 0.15) is 5.75 Å². The van der Waals surface area contributed by atoms with Gasteiger partial charge in [-0.25, -0.2) is 10.2 Å². The summed E-state index contributed by atoms with van der Waals surface area (Å²) in [4.78, 5) is 24.0. The van der Waals surface area contributed by atoms with Gasteiger partial charge in [-0.15, -0.1) is 0 Å². The summed E-state index contributed by atoms with van der Waals surface area (Å²) in [5.41, 5.74) is 8.92. The molecule has 1 aromatic heterocycles. The van der Waals surface area contributed by atoms with Crippen LogP contribution in [0.2, 0.25) is 0 Å². The Bertz CT molecular complexity index is 1160. The molecule has 0 radical (unpaired) electrons. The summed E-state index contributed by atoms with van der Waals surface area (Å²) >= 11 is 0. The third-order valence-electron chi connectivity index (χ3n) is 5.06. The van der Waals surface area contributed by atoms with E-state index in [1.165, 1.54) is 0 Å². The Hall–Kier alpha value is -3.87. The van der Waals surface area contributed by atoms with Crippen molar-refractivity contribution >= 4 is 18.1 Å². The molecular formula is C26H29N3O4. The van der Waals surface area contributed by atoms with Gasteiger partial charge in [0, 0.05) is 22.6 Å². The molecule has 0 unspecified atom stereocenters. The lowest BCUT2D eigenvalue weighted by Gasteiger charge is -2.10. The fourth-order valence-corrected chi connectivity index (χ4v) is 3.65. The smallest absolute Gasteiger partial charge is 0.338 e. The van der Waals surface area contributed by atoms with Crippen molar-refractivity contribution in [3.63, 3.8) is 0 Å². The molecule has 0 aliphatic carbocycles. The van der Waals surface area contributed by atoms with Crippen molar-refractivity contribution in [3.05, 3.63) is 82.2 Å². The molecule has 7 nitrogen and oxygen atoms in total. The Morgan fingerprint density at radius 2 is 1.67 bits per heavy atom. The number of hydrazone groups is 1. The van der Waals surface area contributed by atoms with Gasteiger partial charge in [-0.05, 0) is 88.2 Å². The first-order valence-electron chi connectivity index (χ1n) is 10.8. The summed E-state index contributed by atoms with van der Waals surface area (Å²) in [5, 5.41) is 4.08. The molecule has 0 spiro atoms. The molecule has 0 aliphatic rings. The Morgan fingerprint density at radius 1 is 1.00 bits per heavy atom. The van der Waals surface area contributed by atoms with Gasteiger partial charge >= 0.3 is 5.97 Å². The molecule has 1 heterocycles. The van der Waals surface area contributed by atoms with Crippen LogP contribution in [0.4, 0.5) is 0 Å². The molecule has 0 fully saturated rings. The maximum absolute atomic E-state index is 12.1. The van der Waals surface area contributed by atoms with Gasteiger partial charge in [-0.1, -0.05) is 6.07 Å². The molecule has 0 bridgehead atoms. The van der Waals surface area contributed by atoms with Crippen LogP contribution >= 0.6 is 0 Å². The number of amides is 1. The van der Waals surface area contributed by atoms with E-state index in [1.54, 1.807) is 25.3 Å². The van der Waals surface area contributed by atoms with E-state index >= 15 is 0 Å². The maximum Gasteiger partial charge on any atom is 0.338 e. The second-order valence-electron chi connectivity index (χ2n) is 7.83. The van der Waals surface area contributed by atoms with Crippen LogP contribution in [0.5, 0.6) is 5.75 Å². The quantitative estimate of drug-likeness (QED) is 0.315. The highest BCUT2D eigenvalue weighted by Crippen LogP contribution is 2.20. The van der Waals surface area contributed by atoms with Gasteiger partial charge in [0.05, 0.1) is 18.4 Å². The van der Waals surface area contributed by atoms with Crippen LogP contribution in [0.3, 0.4) is 0 Å². The number of carbonyl (C=O) groups is 2. The van der Waals surface area contributed by atoms with Gasteiger partial charge in [0.25, 0.3) is 5.91 Å².